The van der Waals surface area contributed by atoms with Gasteiger partial charge in [0.2, 0.25) is 15.9 Å². The van der Waals surface area contributed by atoms with E-state index in [4.69, 9.17) is 0 Å². The number of carbonyl (C=O) groups excluding carboxylic acids is 1. The van der Waals surface area contributed by atoms with Crippen LogP contribution in [-0.4, -0.2) is 38.3 Å². The van der Waals surface area contributed by atoms with Gasteiger partial charge in [-0.3, -0.25) is 4.79 Å². The molecule has 2 rings (SSSR count). The molecule has 0 saturated carbocycles. The maximum Gasteiger partial charge on any atom is 0.243 e. The fourth-order valence-electron chi connectivity index (χ4n) is 2.69. The third-order valence-corrected chi connectivity index (χ3v) is 6.00. The van der Waals surface area contributed by atoms with Crippen molar-refractivity contribution in [3.63, 3.8) is 0 Å². The average molecular weight is 338 g/mol. The number of sulfonamides is 1. The molecule has 1 aliphatic heterocycles. The Labute approximate surface area is 139 Å². The highest BCUT2D eigenvalue weighted by molar-refractivity contribution is 7.89. The highest BCUT2D eigenvalue weighted by Crippen LogP contribution is 2.21. The summed E-state index contributed by atoms with van der Waals surface area (Å²) in [4.78, 5) is 11.9. The van der Waals surface area contributed by atoms with Crippen molar-refractivity contribution in [1.82, 2.24) is 9.62 Å². The van der Waals surface area contributed by atoms with Crippen molar-refractivity contribution in [2.24, 2.45) is 0 Å². The highest BCUT2D eigenvalue weighted by Gasteiger charge is 2.25. The van der Waals surface area contributed by atoms with Crippen molar-refractivity contribution < 1.29 is 13.2 Å². The molecule has 0 bridgehead atoms. The van der Waals surface area contributed by atoms with Crippen LogP contribution in [0, 0.1) is 0 Å². The Bertz CT molecular complexity index is 605. The van der Waals surface area contributed by atoms with Crippen LogP contribution in [0.4, 0.5) is 0 Å². The second-order valence-electron chi connectivity index (χ2n) is 5.96. The molecule has 128 valence electrons. The molecule has 0 unspecified atom stereocenters. The molecule has 0 radical (unpaired) electrons. The van der Waals surface area contributed by atoms with Crippen LogP contribution in [0.2, 0.25) is 0 Å². The first-order valence-electron chi connectivity index (χ1n) is 8.40. The van der Waals surface area contributed by atoms with Crippen LogP contribution in [0.1, 0.15) is 44.6 Å². The number of hydrogen-bond donors (Lipinski definition) is 1. The Morgan fingerprint density at radius 2 is 1.78 bits per heavy atom. The Balaban J connectivity index is 1.94. The van der Waals surface area contributed by atoms with Gasteiger partial charge in [-0.05, 0) is 43.4 Å². The normalized spacial score (nSPS) is 16.2. The summed E-state index contributed by atoms with van der Waals surface area (Å²) in [7, 11) is -3.37. The minimum Gasteiger partial charge on any atom is -0.356 e. The third-order valence-electron chi connectivity index (χ3n) is 4.09. The third kappa shape index (κ3) is 5.04. The average Bonchev–Trinajstić information content (AvgIpc) is 2.59. The van der Waals surface area contributed by atoms with Gasteiger partial charge in [-0.15, -0.1) is 0 Å². The first kappa shape index (κ1) is 17.9. The first-order chi connectivity index (χ1) is 11.0. The quantitative estimate of drug-likeness (QED) is 0.830. The summed E-state index contributed by atoms with van der Waals surface area (Å²) in [6.45, 7) is 3.94. The summed E-state index contributed by atoms with van der Waals surface area (Å²) < 4.78 is 26.7. The van der Waals surface area contributed by atoms with Crippen molar-refractivity contribution in [3.8, 4) is 0 Å². The van der Waals surface area contributed by atoms with Gasteiger partial charge in [0.15, 0.2) is 0 Å². The van der Waals surface area contributed by atoms with Gasteiger partial charge in [-0.2, -0.15) is 4.31 Å². The predicted octanol–water partition coefficient (Wildman–Crippen LogP) is 2.32. The van der Waals surface area contributed by atoms with E-state index in [1.54, 1.807) is 16.4 Å². The van der Waals surface area contributed by atoms with Crippen LogP contribution in [-0.2, 0) is 21.2 Å². The van der Waals surface area contributed by atoms with Gasteiger partial charge in [-0.1, -0.05) is 25.5 Å². The largest absolute Gasteiger partial charge is 0.356 e. The van der Waals surface area contributed by atoms with Crippen LogP contribution in [0.5, 0.6) is 0 Å². The van der Waals surface area contributed by atoms with Crippen LogP contribution in [0.3, 0.4) is 0 Å². The summed E-state index contributed by atoms with van der Waals surface area (Å²) in [5.41, 5.74) is 0.981. The van der Waals surface area contributed by atoms with Gasteiger partial charge in [0.1, 0.15) is 0 Å². The van der Waals surface area contributed by atoms with E-state index in [1.165, 1.54) is 0 Å². The highest BCUT2D eigenvalue weighted by atomic mass is 32.2. The summed E-state index contributed by atoms with van der Waals surface area (Å²) in [5, 5.41) is 2.84. The molecular formula is C17H26N2O3S. The summed E-state index contributed by atoms with van der Waals surface area (Å²) in [5.74, 6) is 0.0388. The van der Waals surface area contributed by atoms with E-state index in [-0.39, 0.29) is 5.91 Å². The van der Waals surface area contributed by atoms with E-state index < -0.39 is 10.0 Å². The molecule has 0 aliphatic carbocycles. The maximum atomic E-state index is 12.5. The van der Waals surface area contributed by atoms with Crippen LogP contribution < -0.4 is 5.32 Å². The SMILES string of the molecule is CCCNC(=O)CCc1ccc(S(=O)(=O)N2CCCCC2)cc1. The number of amides is 1. The van der Waals surface area contributed by atoms with E-state index in [2.05, 4.69) is 5.32 Å². The molecule has 1 fully saturated rings. The van der Waals surface area contributed by atoms with E-state index in [9.17, 15) is 13.2 Å². The van der Waals surface area contributed by atoms with Gasteiger partial charge in [0.05, 0.1) is 4.90 Å². The molecule has 1 saturated heterocycles. The number of nitrogens with one attached hydrogen (secondary N) is 1. The second kappa shape index (κ2) is 8.45. The first-order valence-corrected chi connectivity index (χ1v) is 9.84. The lowest BCUT2D eigenvalue weighted by atomic mass is 10.1. The minimum absolute atomic E-state index is 0.0388. The van der Waals surface area contributed by atoms with E-state index >= 15 is 0 Å². The fraction of sp³-hybridized carbons (Fsp3) is 0.588. The Morgan fingerprint density at radius 3 is 2.39 bits per heavy atom. The van der Waals surface area contributed by atoms with E-state index in [0.717, 1.165) is 31.2 Å². The predicted molar refractivity (Wildman–Crippen MR) is 90.7 cm³/mol. The summed E-state index contributed by atoms with van der Waals surface area (Å²) in [6, 6.07) is 6.93. The van der Waals surface area contributed by atoms with Gasteiger partial charge in [0, 0.05) is 26.1 Å². The van der Waals surface area contributed by atoms with Crippen LogP contribution in [0.15, 0.2) is 29.2 Å². The molecule has 0 spiro atoms. The number of nitrogens with zero attached hydrogens (tertiary/aromatic N) is 1. The molecule has 6 heteroatoms. The lowest BCUT2D eigenvalue weighted by Crippen LogP contribution is -2.35. The molecule has 1 aliphatic rings. The molecule has 1 amide bonds. The van der Waals surface area contributed by atoms with Crippen LogP contribution in [0.25, 0.3) is 0 Å². The van der Waals surface area contributed by atoms with Gasteiger partial charge in [0.25, 0.3) is 0 Å². The lowest BCUT2D eigenvalue weighted by molar-refractivity contribution is -0.121. The zero-order valence-electron chi connectivity index (χ0n) is 13.8. The Morgan fingerprint density at radius 1 is 1.13 bits per heavy atom. The van der Waals surface area contributed by atoms with Crippen molar-refractivity contribution in [2.75, 3.05) is 19.6 Å². The smallest absolute Gasteiger partial charge is 0.243 e. The van der Waals surface area contributed by atoms with Gasteiger partial charge < -0.3 is 5.32 Å². The monoisotopic (exact) mass is 338 g/mol. The molecule has 1 aromatic rings. The zero-order chi connectivity index (χ0) is 16.7. The van der Waals surface area contributed by atoms with E-state index in [0.29, 0.717) is 37.4 Å². The number of piperidine rings is 1. The summed E-state index contributed by atoms with van der Waals surface area (Å²) in [6.07, 6.45) is 4.95. The molecule has 0 atom stereocenters. The Hall–Kier alpha value is -1.40. The number of benzene rings is 1. The number of carbonyl (C=O) groups is 1. The molecule has 1 aromatic carbocycles. The molecular weight excluding hydrogens is 312 g/mol. The second-order valence-corrected chi connectivity index (χ2v) is 7.90. The minimum atomic E-state index is -3.37. The topological polar surface area (TPSA) is 66.5 Å². The zero-order valence-corrected chi connectivity index (χ0v) is 14.6. The molecule has 23 heavy (non-hydrogen) atoms. The van der Waals surface area contributed by atoms with Crippen LogP contribution >= 0.6 is 0 Å². The molecule has 0 aromatic heterocycles. The maximum absolute atomic E-state index is 12.5. The van der Waals surface area contributed by atoms with Crippen molar-refractivity contribution in [3.05, 3.63) is 29.8 Å². The molecule has 1 heterocycles. The fourth-order valence-corrected chi connectivity index (χ4v) is 4.21. The van der Waals surface area contributed by atoms with Crippen molar-refractivity contribution in [2.45, 2.75) is 50.3 Å². The number of aryl methyl sites for hydroxylation is 1. The standard InChI is InChI=1S/C17H26N2O3S/c1-2-12-18-17(20)11-8-15-6-9-16(10-7-15)23(21,22)19-13-4-3-5-14-19/h6-7,9-10H,2-5,8,11-14H2,1H3,(H,18,20). The molecule has 1 N–H and O–H groups in total. The van der Waals surface area contributed by atoms with Crippen molar-refractivity contribution in [1.29, 1.82) is 0 Å². The summed E-state index contributed by atoms with van der Waals surface area (Å²) >= 11 is 0. The van der Waals surface area contributed by atoms with Gasteiger partial charge >= 0.3 is 0 Å². The molecule has 5 nitrogen and oxygen atoms in total. The Kier molecular flexibility index (Phi) is 6.59. The van der Waals surface area contributed by atoms with Crippen molar-refractivity contribution >= 4 is 15.9 Å². The van der Waals surface area contributed by atoms with E-state index in [1.807, 2.05) is 19.1 Å². The lowest BCUT2D eigenvalue weighted by Gasteiger charge is -2.25. The number of rotatable bonds is 7. The number of hydrogen-bond acceptors (Lipinski definition) is 3. The van der Waals surface area contributed by atoms with Gasteiger partial charge in [-0.25, -0.2) is 8.42 Å².